The number of benzene rings is 2. The molecule has 2 heterocycles. The fraction of sp³-hybridized carbons (Fsp3) is 0.0556. The first-order chi connectivity index (χ1) is 12.2. The van der Waals surface area contributed by atoms with Crippen molar-refractivity contribution in [3.8, 4) is 40.1 Å². The molecule has 25 heavy (non-hydrogen) atoms. The van der Waals surface area contributed by atoms with E-state index in [1.165, 1.54) is 12.1 Å². The van der Waals surface area contributed by atoms with Crippen LogP contribution in [0.1, 0.15) is 5.56 Å². The van der Waals surface area contributed by atoms with Crippen molar-refractivity contribution in [3.05, 3.63) is 53.8 Å². The molecule has 7 heteroatoms. The standard InChI is InChI=1S/C18H11FN4O2/c19-12-4-1-10(2-5-12)16-13(8-20)17(23-18(21)22-16)11-3-6-14-15(7-11)25-9-24-14/h1-7H,9H2,(H2,21,22,23). The van der Waals surface area contributed by atoms with Gasteiger partial charge in [-0.25, -0.2) is 14.4 Å². The van der Waals surface area contributed by atoms with E-state index in [1.54, 1.807) is 30.3 Å². The maximum atomic E-state index is 13.2. The Balaban J connectivity index is 1.91. The number of ether oxygens (including phenoxy) is 2. The van der Waals surface area contributed by atoms with Crippen LogP contribution in [-0.2, 0) is 0 Å². The second-order valence-electron chi connectivity index (χ2n) is 5.34. The fourth-order valence-electron chi connectivity index (χ4n) is 2.65. The van der Waals surface area contributed by atoms with E-state index in [-0.39, 0.29) is 24.1 Å². The molecule has 2 aromatic carbocycles. The number of hydrogen-bond acceptors (Lipinski definition) is 6. The minimum atomic E-state index is -0.375. The Morgan fingerprint density at radius 2 is 1.60 bits per heavy atom. The lowest BCUT2D eigenvalue weighted by Gasteiger charge is -2.10. The Morgan fingerprint density at radius 1 is 0.960 bits per heavy atom. The van der Waals surface area contributed by atoms with Crippen LogP contribution in [0.3, 0.4) is 0 Å². The van der Waals surface area contributed by atoms with Crippen molar-refractivity contribution in [3.63, 3.8) is 0 Å². The first-order valence-corrected chi connectivity index (χ1v) is 7.39. The molecule has 3 aromatic rings. The number of aromatic nitrogens is 2. The molecule has 2 N–H and O–H groups in total. The molecule has 1 aromatic heterocycles. The number of anilines is 1. The molecule has 1 aliphatic heterocycles. The summed E-state index contributed by atoms with van der Waals surface area (Å²) in [5, 5.41) is 9.66. The van der Waals surface area contributed by atoms with Gasteiger partial charge >= 0.3 is 0 Å². The zero-order chi connectivity index (χ0) is 17.4. The molecule has 0 spiro atoms. The molecule has 0 aliphatic carbocycles. The van der Waals surface area contributed by atoms with Gasteiger partial charge in [0.25, 0.3) is 0 Å². The van der Waals surface area contributed by atoms with Crippen molar-refractivity contribution < 1.29 is 13.9 Å². The van der Waals surface area contributed by atoms with Crippen LogP contribution in [0.5, 0.6) is 11.5 Å². The van der Waals surface area contributed by atoms with Crippen molar-refractivity contribution >= 4 is 5.95 Å². The van der Waals surface area contributed by atoms with E-state index < -0.39 is 0 Å². The Hall–Kier alpha value is -3.66. The van der Waals surface area contributed by atoms with Gasteiger partial charge in [0.1, 0.15) is 17.4 Å². The predicted octanol–water partition coefficient (Wildman–Crippen LogP) is 3.13. The average molecular weight is 334 g/mol. The van der Waals surface area contributed by atoms with E-state index in [2.05, 4.69) is 16.0 Å². The number of hydrogen-bond donors (Lipinski definition) is 1. The van der Waals surface area contributed by atoms with Crippen LogP contribution in [0.25, 0.3) is 22.5 Å². The lowest BCUT2D eigenvalue weighted by atomic mass is 10.0. The predicted molar refractivity (Wildman–Crippen MR) is 88.1 cm³/mol. The number of nitriles is 1. The summed E-state index contributed by atoms with van der Waals surface area (Å²) < 4.78 is 23.9. The molecule has 6 nitrogen and oxygen atoms in total. The van der Waals surface area contributed by atoms with Gasteiger partial charge in [-0.05, 0) is 42.5 Å². The molecule has 0 atom stereocenters. The minimum absolute atomic E-state index is 0.0194. The summed E-state index contributed by atoms with van der Waals surface area (Å²) >= 11 is 0. The van der Waals surface area contributed by atoms with Crippen molar-refractivity contribution in [2.75, 3.05) is 12.5 Å². The number of nitrogens with two attached hydrogens (primary N) is 1. The SMILES string of the molecule is N#Cc1c(-c2ccc(F)cc2)nc(N)nc1-c1ccc2c(c1)OCO2. The maximum absolute atomic E-state index is 13.2. The normalized spacial score (nSPS) is 12.0. The van der Waals surface area contributed by atoms with Crippen LogP contribution < -0.4 is 15.2 Å². The lowest BCUT2D eigenvalue weighted by molar-refractivity contribution is 0.174. The van der Waals surface area contributed by atoms with Crippen LogP contribution in [0.15, 0.2) is 42.5 Å². The highest BCUT2D eigenvalue weighted by atomic mass is 19.1. The highest BCUT2D eigenvalue weighted by Crippen LogP contribution is 2.37. The molecule has 1 aliphatic rings. The zero-order valence-corrected chi connectivity index (χ0v) is 12.9. The Bertz CT molecular complexity index is 1010. The Morgan fingerprint density at radius 3 is 2.32 bits per heavy atom. The molecule has 0 fully saturated rings. The van der Waals surface area contributed by atoms with Crippen LogP contribution in [0.2, 0.25) is 0 Å². The minimum Gasteiger partial charge on any atom is -0.454 e. The monoisotopic (exact) mass is 334 g/mol. The molecule has 0 saturated carbocycles. The van der Waals surface area contributed by atoms with Crippen molar-refractivity contribution in [1.29, 1.82) is 5.26 Å². The van der Waals surface area contributed by atoms with Crippen LogP contribution in [-0.4, -0.2) is 16.8 Å². The van der Waals surface area contributed by atoms with Crippen LogP contribution in [0, 0.1) is 17.1 Å². The largest absolute Gasteiger partial charge is 0.454 e. The van der Waals surface area contributed by atoms with E-state index in [9.17, 15) is 9.65 Å². The number of rotatable bonds is 2. The van der Waals surface area contributed by atoms with Crippen molar-refractivity contribution in [2.45, 2.75) is 0 Å². The van der Waals surface area contributed by atoms with E-state index in [4.69, 9.17) is 15.2 Å². The third-order valence-electron chi connectivity index (χ3n) is 3.80. The quantitative estimate of drug-likeness (QED) is 0.774. The van der Waals surface area contributed by atoms with Crippen molar-refractivity contribution in [2.24, 2.45) is 0 Å². The number of nitrogen functional groups attached to an aromatic ring is 1. The number of nitrogens with zero attached hydrogens (tertiary/aromatic N) is 3. The first kappa shape index (κ1) is 14.9. The third-order valence-corrected chi connectivity index (χ3v) is 3.80. The molecule has 0 radical (unpaired) electrons. The number of halogens is 1. The van der Waals surface area contributed by atoms with Crippen LogP contribution >= 0.6 is 0 Å². The third kappa shape index (κ3) is 2.60. The lowest BCUT2D eigenvalue weighted by Crippen LogP contribution is -2.03. The summed E-state index contributed by atoms with van der Waals surface area (Å²) in [4.78, 5) is 8.39. The second-order valence-corrected chi connectivity index (χ2v) is 5.34. The topological polar surface area (TPSA) is 94.1 Å². The van der Waals surface area contributed by atoms with E-state index in [0.29, 0.717) is 34.0 Å². The highest BCUT2D eigenvalue weighted by Gasteiger charge is 2.20. The number of fused-ring (bicyclic) bond motifs is 1. The molecule has 0 amide bonds. The smallest absolute Gasteiger partial charge is 0.231 e. The highest BCUT2D eigenvalue weighted by molar-refractivity contribution is 5.79. The summed E-state index contributed by atoms with van der Waals surface area (Å²) in [7, 11) is 0. The summed E-state index contributed by atoms with van der Waals surface area (Å²) in [5.41, 5.74) is 8.05. The van der Waals surface area contributed by atoms with Gasteiger partial charge in [-0.1, -0.05) is 0 Å². The molecular weight excluding hydrogens is 323 g/mol. The Kier molecular flexibility index (Phi) is 3.43. The average Bonchev–Trinajstić information content (AvgIpc) is 3.09. The molecule has 0 unspecified atom stereocenters. The molecule has 0 bridgehead atoms. The van der Waals surface area contributed by atoms with Crippen molar-refractivity contribution in [1.82, 2.24) is 9.97 Å². The zero-order valence-electron chi connectivity index (χ0n) is 12.9. The molecule has 0 saturated heterocycles. The van der Waals surface area contributed by atoms with E-state index >= 15 is 0 Å². The fourth-order valence-corrected chi connectivity index (χ4v) is 2.65. The van der Waals surface area contributed by atoms with Crippen LogP contribution in [0.4, 0.5) is 10.3 Å². The van der Waals surface area contributed by atoms with E-state index in [0.717, 1.165) is 0 Å². The van der Waals surface area contributed by atoms with Gasteiger partial charge < -0.3 is 15.2 Å². The first-order valence-electron chi connectivity index (χ1n) is 7.39. The molecule has 4 rings (SSSR count). The van der Waals surface area contributed by atoms with Gasteiger partial charge in [0.15, 0.2) is 11.5 Å². The van der Waals surface area contributed by atoms with Gasteiger partial charge in [0.2, 0.25) is 12.7 Å². The van der Waals surface area contributed by atoms with E-state index in [1.807, 2.05) is 0 Å². The summed E-state index contributed by atoms with van der Waals surface area (Å²) in [6, 6.07) is 13.1. The van der Waals surface area contributed by atoms with Gasteiger partial charge in [0, 0.05) is 11.1 Å². The van der Waals surface area contributed by atoms with Gasteiger partial charge in [-0.15, -0.1) is 0 Å². The maximum Gasteiger partial charge on any atom is 0.231 e. The molecular formula is C18H11FN4O2. The van der Waals surface area contributed by atoms with Gasteiger partial charge in [-0.3, -0.25) is 0 Å². The second kappa shape index (κ2) is 5.76. The summed E-state index contributed by atoms with van der Waals surface area (Å²) in [6.45, 7) is 0.149. The van der Waals surface area contributed by atoms with Gasteiger partial charge in [-0.2, -0.15) is 5.26 Å². The summed E-state index contributed by atoms with van der Waals surface area (Å²) in [6.07, 6.45) is 0. The Labute approximate surface area is 142 Å². The van der Waals surface area contributed by atoms with Gasteiger partial charge in [0.05, 0.1) is 11.4 Å². The molecule has 122 valence electrons. The summed E-state index contributed by atoms with van der Waals surface area (Å²) in [5.74, 6) is 0.844.